The van der Waals surface area contributed by atoms with Crippen molar-refractivity contribution in [3.63, 3.8) is 0 Å². The standard InChI is InChI=1S/C21H18O5S/c1-27(23,24)20-13-7-17(8-14-20)21(22)26-19-11-9-18(10-12-19)25-15-16-5-3-2-4-6-16/h2-14H,15H2,1H3. The number of hydrogen-bond acceptors (Lipinski definition) is 5. The van der Waals surface area contributed by atoms with Gasteiger partial charge in [0.2, 0.25) is 0 Å². The molecule has 0 aliphatic carbocycles. The van der Waals surface area contributed by atoms with Crippen LogP contribution in [0.1, 0.15) is 15.9 Å². The second kappa shape index (κ2) is 8.05. The molecular weight excluding hydrogens is 364 g/mol. The Morgan fingerprint density at radius 1 is 0.815 bits per heavy atom. The number of hydrogen-bond donors (Lipinski definition) is 0. The van der Waals surface area contributed by atoms with Crippen LogP contribution < -0.4 is 9.47 Å². The minimum Gasteiger partial charge on any atom is -0.489 e. The molecule has 3 rings (SSSR count). The van der Waals surface area contributed by atoms with E-state index in [1.54, 1.807) is 24.3 Å². The molecule has 138 valence electrons. The number of carbonyl (C=O) groups excluding carboxylic acids is 1. The minimum atomic E-state index is -3.30. The number of sulfone groups is 1. The molecule has 0 saturated carbocycles. The van der Waals surface area contributed by atoms with E-state index in [0.717, 1.165) is 11.8 Å². The van der Waals surface area contributed by atoms with E-state index in [4.69, 9.17) is 9.47 Å². The van der Waals surface area contributed by atoms with Gasteiger partial charge in [-0.05, 0) is 54.1 Å². The van der Waals surface area contributed by atoms with Crippen LogP contribution in [-0.2, 0) is 16.4 Å². The third-order valence-corrected chi connectivity index (χ3v) is 4.93. The third kappa shape index (κ3) is 5.18. The summed E-state index contributed by atoms with van der Waals surface area (Å²) in [7, 11) is -3.30. The zero-order valence-electron chi connectivity index (χ0n) is 14.7. The van der Waals surface area contributed by atoms with Crippen molar-refractivity contribution in [3.8, 4) is 11.5 Å². The highest BCUT2D eigenvalue weighted by molar-refractivity contribution is 7.90. The molecule has 3 aromatic rings. The van der Waals surface area contributed by atoms with Crippen LogP contribution in [0.25, 0.3) is 0 Å². The van der Waals surface area contributed by atoms with Gasteiger partial charge in [0.05, 0.1) is 10.5 Å². The molecule has 0 aromatic heterocycles. The number of carbonyl (C=O) groups is 1. The molecule has 0 spiro atoms. The van der Waals surface area contributed by atoms with Gasteiger partial charge in [0.1, 0.15) is 18.1 Å². The van der Waals surface area contributed by atoms with Crippen LogP contribution in [0.4, 0.5) is 0 Å². The van der Waals surface area contributed by atoms with Crippen molar-refractivity contribution in [3.05, 3.63) is 90.0 Å². The van der Waals surface area contributed by atoms with Crippen molar-refractivity contribution >= 4 is 15.8 Å². The van der Waals surface area contributed by atoms with Crippen LogP contribution in [0.2, 0.25) is 0 Å². The van der Waals surface area contributed by atoms with Gasteiger partial charge in [-0.15, -0.1) is 0 Å². The molecule has 0 atom stereocenters. The monoisotopic (exact) mass is 382 g/mol. The molecule has 0 radical (unpaired) electrons. The molecule has 0 amide bonds. The van der Waals surface area contributed by atoms with Gasteiger partial charge in [0.25, 0.3) is 0 Å². The van der Waals surface area contributed by atoms with E-state index >= 15 is 0 Å². The summed E-state index contributed by atoms with van der Waals surface area (Å²) >= 11 is 0. The van der Waals surface area contributed by atoms with Crippen LogP contribution >= 0.6 is 0 Å². The Labute approximate surface area is 158 Å². The lowest BCUT2D eigenvalue weighted by atomic mass is 10.2. The van der Waals surface area contributed by atoms with Gasteiger partial charge in [0, 0.05) is 6.26 Å². The predicted molar refractivity (Wildman–Crippen MR) is 102 cm³/mol. The van der Waals surface area contributed by atoms with Crippen molar-refractivity contribution in [2.24, 2.45) is 0 Å². The molecule has 3 aromatic carbocycles. The van der Waals surface area contributed by atoms with Gasteiger partial charge in [-0.3, -0.25) is 0 Å². The summed E-state index contributed by atoms with van der Waals surface area (Å²) in [5, 5.41) is 0. The van der Waals surface area contributed by atoms with Crippen molar-refractivity contribution < 1.29 is 22.7 Å². The Hall–Kier alpha value is -3.12. The minimum absolute atomic E-state index is 0.152. The van der Waals surface area contributed by atoms with E-state index in [1.807, 2.05) is 30.3 Å². The zero-order chi connectivity index (χ0) is 19.3. The van der Waals surface area contributed by atoms with E-state index in [-0.39, 0.29) is 10.5 Å². The number of benzene rings is 3. The van der Waals surface area contributed by atoms with Gasteiger partial charge in [-0.25, -0.2) is 13.2 Å². The fourth-order valence-corrected chi connectivity index (χ4v) is 2.98. The Kier molecular flexibility index (Phi) is 5.57. The maximum Gasteiger partial charge on any atom is 0.343 e. The van der Waals surface area contributed by atoms with E-state index in [1.165, 1.54) is 24.3 Å². The Bertz CT molecular complexity index is 1010. The second-order valence-electron chi connectivity index (χ2n) is 5.93. The van der Waals surface area contributed by atoms with E-state index < -0.39 is 15.8 Å². The molecule has 27 heavy (non-hydrogen) atoms. The first-order chi connectivity index (χ1) is 12.9. The van der Waals surface area contributed by atoms with Crippen molar-refractivity contribution in [2.45, 2.75) is 11.5 Å². The molecule has 0 bridgehead atoms. The van der Waals surface area contributed by atoms with Gasteiger partial charge >= 0.3 is 5.97 Å². The first-order valence-electron chi connectivity index (χ1n) is 8.21. The Morgan fingerprint density at radius 3 is 2.00 bits per heavy atom. The van der Waals surface area contributed by atoms with Gasteiger partial charge in [0.15, 0.2) is 9.84 Å². The third-order valence-electron chi connectivity index (χ3n) is 3.80. The summed E-state index contributed by atoms with van der Waals surface area (Å²) in [6, 6.07) is 22.1. The number of ether oxygens (including phenoxy) is 2. The molecule has 0 unspecified atom stereocenters. The van der Waals surface area contributed by atoms with E-state index in [2.05, 4.69) is 0 Å². The maximum absolute atomic E-state index is 12.2. The number of esters is 1. The lowest BCUT2D eigenvalue weighted by Crippen LogP contribution is -2.09. The highest BCUT2D eigenvalue weighted by atomic mass is 32.2. The summed E-state index contributed by atoms with van der Waals surface area (Å²) in [4.78, 5) is 12.3. The fraction of sp³-hybridized carbons (Fsp3) is 0.0952. The van der Waals surface area contributed by atoms with Crippen LogP contribution in [0, 0.1) is 0 Å². The maximum atomic E-state index is 12.2. The summed E-state index contributed by atoms with van der Waals surface area (Å²) in [5.74, 6) is 0.475. The largest absolute Gasteiger partial charge is 0.489 e. The average Bonchev–Trinajstić information content (AvgIpc) is 2.68. The molecule has 5 nitrogen and oxygen atoms in total. The molecular formula is C21H18O5S. The average molecular weight is 382 g/mol. The fourth-order valence-electron chi connectivity index (χ4n) is 2.35. The predicted octanol–water partition coefficient (Wildman–Crippen LogP) is 3.89. The lowest BCUT2D eigenvalue weighted by Gasteiger charge is -2.08. The SMILES string of the molecule is CS(=O)(=O)c1ccc(C(=O)Oc2ccc(OCc3ccccc3)cc2)cc1. The van der Waals surface area contributed by atoms with E-state index in [9.17, 15) is 13.2 Å². The molecule has 0 N–H and O–H groups in total. The first kappa shape index (κ1) is 18.7. The summed E-state index contributed by atoms with van der Waals surface area (Å²) in [6.07, 6.45) is 1.11. The zero-order valence-corrected chi connectivity index (χ0v) is 15.5. The summed E-state index contributed by atoms with van der Waals surface area (Å²) in [5.41, 5.74) is 1.33. The summed E-state index contributed by atoms with van der Waals surface area (Å²) < 4.78 is 33.9. The molecule has 0 fully saturated rings. The highest BCUT2D eigenvalue weighted by Gasteiger charge is 2.12. The molecule has 0 saturated heterocycles. The van der Waals surface area contributed by atoms with Gasteiger partial charge in [-0.2, -0.15) is 0 Å². The van der Waals surface area contributed by atoms with Crippen molar-refractivity contribution in [1.29, 1.82) is 0 Å². The Morgan fingerprint density at radius 2 is 1.41 bits per heavy atom. The smallest absolute Gasteiger partial charge is 0.343 e. The van der Waals surface area contributed by atoms with Gasteiger partial charge < -0.3 is 9.47 Å². The second-order valence-corrected chi connectivity index (χ2v) is 7.95. The van der Waals surface area contributed by atoms with Crippen LogP contribution in [0.5, 0.6) is 11.5 Å². The highest BCUT2D eigenvalue weighted by Crippen LogP contribution is 2.20. The molecule has 0 heterocycles. The Balaban J connectivity index is 1.60. The number of rotatable bonds is 6. The van der Waals surface area contributed by atoms with E-state index in [0.29, 0.717) is 18.1 Å². The lowest BCUT2D eigenvalue weighted by molar-refractivity contribution is 0.0734. The van der Waals surface area contributed by atoms with Crippen LogP contribution in [0.15, 0.2) is 83.8 Å². The summed E-state index contributed by atoms with van der Waals surface area (Å²) in [6.45, 7) is 0.451. The topological polar surface area (TPSA) is 69.7 Å². The van der Waals surface area contributed by atoms with Crippen LogP contribution in [0.3, 0.4) is 0 Å². The van der Waals surface area contributed by atoms with Crippen molar-refractivity contribution in [2.75, 3.05) is 6.26 Å². The van der Waals surface area contributed by atoms with Gasteiger partial charge in [-0.1, -0.05) is 30.3 Å². The normalized spacial score (nSPS) is 11.0. The molecule has 0 aliphatic heterocycles. The van der Waals surface area contributed by atoms with Crippen LogP contribution in [-0.4, -0.2) is 20.6 Å². The molecule has 6 heteroatoms. The first-order valence-corrected chi connectivity index (χ1v) is 10.1. The van der Waals surface area contributed by atoms with Crippen molar-refractivity contribution in [1.82, 2.24) is 0 Å². The molecule has 0 aliphatic rings. The quantitative estimate of drug-likeness (QED) is 0.478.